The van der Waals surface area contributed by atoms with Crippen molar-refractivity contribution in [3.63, 3.8) is 0 Å². The summed E-state index contributed by atoms with van der Waals surface area (Å²) in [7, 11) is 0. The largest absolute Gasteiger partial charge is 0.493 e. The summed E-state index contributed by atoms with van der Waals surface area (Å²) in [5.74, 6) is -0.138. The van der Waals surface area contributed by atoms with Gasteiger partial charge in [0, 0.05) is 10.4 Å². The number of nitroso groups, excluding NO2 is 1. The van der Waals surface area contributed by atoms with Gasteiger partial charge in [0.1, 0.15) is 0 Å². The average molecular weight is 287 g/mol. The highest BCUT2D eigenvalue weighted by molar-refractivity contribution is 6.31. The van der Waals surface area contributed by atoms with Crippen molar-refractivity contribution in [3.05, 3.63) is 64.0 Å². The highest BCUT2D eigenvalue weighted by atomic mass is 35.5. The third-order valence-corrected chi connectivity index (χ3v) is 3.66. The number of benzene rings is 2. The molecule has 0 atom stereocenters. The van der Waals surface area contributed by atoms with Gasteiger partial charge in [-0.2, -0.15) is 0 Å². The summed E-state index contributed by atoms with van der Waals surface area (Å²) in [5, 5.41) is 14.4. The van der Waals surface area contributed by atoms with E-state index in [0.29, 0.717) is 17.0 Å². The molecule has 1 heterocycles. The maximum absolute atomic E-state index is 10.9. The molecule has 5 heteroatoms. The third kappa shape index (κ3) is 1.94. The fourth-order valence-electron chi connectivity index (χ4n) is 2.32. The molecule has 20 heavy (non-hydrogen) atoms. The van der Waals surface area contributed by atoms with Crippen LogP contribution < -0.4 is 0 Å². The minimum absolute atomic E-state index is 0.0626. The van der Waals surface area contributed by atoms with Gasteiger partial charge in [-0.15, -0.1) is 4.91 Å². The summed E-state index contributed by atoms with van der Waals surface area (Å²) < 4.78 is 1.63. The van der Waals surface area contributed by atoms with Crippen molar-refractivity contribution in [1.29, 1.82) is 0 Å². The molecule has 0 saturated carbocycles. The number of hydrogen-bond donors (Lipinski definition) is 1. The zero-order valence-corrected chi connectivity index (χ0v) is 11.2. The van der Waals surface area contributed by atoms with E-state index in [4.69, 9.17) is 11.6 Å². The minimum Gasteiger partial charge on any atom is -0.493 e. The highest BCUT2D eigenvalue weighted by Crippen LogP contribution is 2.39. The Morgan fingerprint density at radius 2 is 1.80 bits per heavy atom. The van der Waals surface area contributed by atoms with E-state index in [2.05, 4.69) is 5.18 Å². The molecule has 4 nitrogen and oxygen atoms in total. The fourth-order valence-corrected chi connectivity index (χ4v) is 2.51. The molecule has 0 unspecified atom stereocenters. The Hall–Kier alpha value is -2.33. The van der Waals surface area contributed by atoms with Crippen LogP contribution in [0.1, 0.15) is 5.56 Å². The first-order chi connectivity index (χ1) is 9.72. The molecule has 0 aliphatic rings. The van der Waals surface area contributed by atoms with Gasteiger partial charge in [-0.05, 0) is 22.9 Å². The molecule has 1 aromatic heterocycles. The maximum atomic E-state index is 10.9. The Morgan fingerprint density at radius 3 is 2.55 bits per heavy atom. The number of para-hydroxylation sites is 1. The maximum Gasteiger partial charge on any atom is 0.222 e. The second-order valence-corrected chi connectivity index (χ2v) is 4.87. The van der Waals surface area contributed by atoms with Crippen LogP contribution in [0.5, 0.6) is 5.88 Å². The molecule has 0 spiro atoms. The van der Waals surface area contributed by atoms with Crippen molar-refractivity contribution in [2.45, 2.75) is 6.54 Å². The van der Waals surface area contributed by atoms with Crippen LogP contribution in [0.25, 0.3) is 10.9 Å². The topological polar surface area (TPSA) is 54.6 Å². The van der Waals surface area contributed by atoms with Crippen LogP contribution in [-0.4, -0.2) is 9.67 Å². The van der Waals surface area contributed by atoms with Gasteiger partial charge < -0.3 is 9.67 Å². The Bertz CT molecular complexity index is 796. The van der Waals surface area contributed by atoms with E-state index in [1.165, 1.54) is 0 Å². The van der Waals surface area contributed by atoms with E-state index >= 15 is 0 Å². The van der Waals surface area contributed by atoms with Crippen LogP contribution in [0.4, 0.5) is 5.69 Å². The molecule has 3 aromatic rings. The lowest BCUT2D eigenvalue weighted by Gasteiger charge is -2.08. The van der Waals surface area contributed by atoms with E-state index in [9.17, 15) is 10.0 Å². The number of aromatic hydroxyl groups is 1. The Labute approximate surface area is 120 Å². The average Bonchev–Trinajstić information content (AvgIpc) is 2.74. The summed E-state index contributed by atoms with van der Waals surface area (Å²) in [6.45, 7) is 0.377. The summed E-state index contributed by atoms with van der Waals surface area (Å²) in [6.07, 6.45) is 0. The normalized spacial score (nSPS) is 10.8. The lowest BCUT2D eigenvalue weighted by Crippen LogP contribution is -1.99. The molecule has 0 aliphatic carbocycles. The number of aromatic nitrogens is 1. The van der Waals surface area contributed by atoms with Crippen LogP contribution in [-0.2, 0) is 6.54 Å². The summed E-state index contributed by atoms with van der Waals surface area (Å²) >= 11 is 6.14. The van der Waals surface area contributed by atoms with Crippen LogP contribution in [0.15, 0.2) is 53.7 Å². The first-order valence-electron chi connectivity index (χ1n) is 6.09. The van der Waals surface area contributed by atoms with Crippen LogP contribution in [0.3, 0.4) is 0 Å². The molecule has 1 N–H and O–H groups in total. The molecular weight excluding hydrogens is 276 g/mol. The first kappa shape index (κ1) is 12.7. The Kier molecular flexibility index (Phi) is 3.16. The number of rotatable bonds is 3. The Morgan fingerprint density at radius 1 is 1.10 bits per heavy atom. The molecule has 100 valence electrons. The van der Waals surface area contributed by atoms with Crippen LogP contribution in [0, 0.1) is 4.91 Å². The van der Waals surface area contributed by atoms with Gasteiger partial charge >= 0.3 is 0 Å². The number of nitrogens with zero attached hydrogens (tertiary/aromatic N) is 2. The van der Waals surface area contributed by atoms with E-state index in [1.807, 2.05) is 30.3 Å². The van der Waals surface area contributed by atoms with Crippen LogP contribution in [0.2, 0.25) is 5.02 Å². The molecule has 0 aliphatic heterocycles. The van der Waals surface area contributed by atoms with Gasteiger partial charge in [0.2, 0.25) is 5.88 Å². The van der Waals surface area contributed by atoms with Crippen molar-refractivity contribution in [3.8, 4) is 5.88 Å². The molecule has 0 radical (unpaired) electrons. The van der Waals surface area contributed by atoms with Gasteiger partial charge in [0.25, 0.3) is 0 Å². The van der Waals surface area contributed by atoms with Crippen molar-refractivity contribution in [1.82, 2.24) is 4.57 Å². The molecule has 0 saturated heterocycles. The van der Waals surface area contributed by atoms with Crippen molar-refractivity contribution in [2.24, 2.45) is 5.18 Å². The molecule has 0 fully saturated rings. The second-order valence-electron chi connectivity index (χ2n) is 4.46. The van der Waals surface area contributed by atoms with Gasteiger partial charge in [-0.1, -0.05) is 48.0 Å². The zero-order chi connectivity index (χ0) is 14.1. The van der Waals surface area contributed by atoms with Gasteiger partial charge in [0.05, 0.1) is 12.1 Å². The molecular formula is C15H11ClN2O2. The van der Waals surface area contributed by atoms with Crippen molar-refractivity contribution >= 4 is 28.2 Å². The lowest BCUT2D eigenvalue weighted by atomic mass is 10.2. The van der Waals surface area contributed by atoms with E-state index in [-0.39, 0.29) is 11.6 Å². The summed E-state index contributed by atoms with van der Waals surface area (Å²) in [6, 6.07) is 14.6. The quantitative estimate of drug-likeness (QED) is 0.723. The first-order valence-corrected chi connectivity index (χ1v) is 6.47. The number of halogens is 1. The predicted molar refractivity (Wildman–Crippen MR) is 79.6 cm³/mol. The molecule has 3 rings (SSSR count). The standard InChI is InChI=1S/C15H11ClN2O2/c16-12-7-3-1-5-10(12)9-18-13-8-4-2-6-11(13)14(17-20)15(18)19/h1-8,19H,9H2. The summed E-state index contributed by atoms with van der Waals surface area (Å²) in [4.78, 5) is 10.9. The minimum atomic E-state index is -0.138. The third-order valence-electron chi connectivity index (χ3n) is 3.30. The van der Waals surface area contributed by atoms with Gasteiger partial charge in [-0.3, -0.25) is 0 Å². The summed E-state index contributed by atoms with van der Waals surface area (Å²) in [5.41, 5.74) is 1.68. The second kappa shape index (κ2) is 4.98. The van der Waals surface area contributed by atoms with Gasteiger partial charge in [-0.25, -0.2) is 0 Å². The number of hydrogen-bond acceptors (Lipinski definition) is 3. The zero-order valence-electron chi connectivity index (χ0n) is 10.5. The lowest BCUT2D eigenvalue weighted by molar-refractivity contribution is 0.430. The SMILES string of the molecule is O=Nc1c(O)n(Cc2ccccc2Cl)c2ccccc12. The smallest absolute Gasteiger partial charge is 0.222 e. The fraction of sp³-hybridized carbons (Fsp3) is 0.0667. The van der Waals surface area contributed by atoms with E-state index in [1.54, 1.807) is 22.8 Å². The predicted octanol–water partition coefficient (Wildman–Crippen LogP) is 4.45. The van der Waals surface area contributed by atoms with Gasteiger partial charge in [0.15, 0.2) is 5.69 Å². The molecule has 2 aromatic carbocycles. The monoisotopic (exact) mass is 286 g/mol. The molecule has 0 bridgehead atoms. The number of fused-ring (bicyclic) bond motifs is 1. The van der Waals surface area contributed by atoms with E-state index < -0.39 is 0 Å². The van der Waals surface area contributed by atoms with Crippen molar-refractivity contribution in [2.75, 3.05) is 0 Å². The highest BCUT2D eigenvalue weighted by Gasteiger charge is 2.17. The molecule has 0 amide bonds. The van der Waals surface area contributed by atoms with Crippen LogP contribution >= 0.6 is 11.6 Å². The Balaban J connectivity index is 2.19. The van der Waals surface area contributed by atoms with E-state index in [0.717, 1.165) is 11.1 Å². The van der Waals surface area contributed by atoms with Crippen molar-refractivity contribution < 1.29 is 5.11 Å².